The lowest BCUT2D eigenvalue weighted by Crippen LogP contribution is -2.48. The van der Waals surface area contributed by atoms with Gasteiger partial charge in [-0.3, -0.25) is 9.59 Å². The number of benzene rings is 2. The molecule has 0 radical (unpaired) electrons. The molecule has 3 aromatic rings. The molecule has 1 aromatic heterocycles. The summed E-state index contributed by atoms with van der Waals surface area (Å²) in [5.41, 5.74) is 3.07. The average Bonchev–Trinajstić information content (AvgIpc) is 3.28. The minimum absolute atomic E-state index is 0.0488. The van der Waals surface area contributed by atoms with Gasteiger partial charge in [-0.25, -0.2) is 0 Å². The van der Waals surface area contributed by atoms with E-state index in [1.165, 1.54) is 0 Å². The molecule has 1 aliphatic heterocycles. The number of carbonyl (C=O) groups is 2. The van der Waals surface area contributed by atoms with Crippen LogP contribution in [0.1, 0.15) is 16.1 Å². The van der Waals surface area contributed by atoms with Crippen molar-refractivity contribution in [1.29, 1.82) is 0 Å². The van der Waals surface area contributed by atoms with E-state index in [0.29, 0.717) is 30.9 Å². The molecule has 0 spiro atoms. The molecule has 1 amide bonds. The summed E-state index contributed by atoms with van der Waals surface area (Å²) in [7, 11) is 0. The molecule has 2 heterocycles. The highest BCUT2D eigenvalue weighted by atomic mass is 16.3. The summed E-state index contributed by atoms with van der Waals surface area (Å²) in [5.74, 6) is 1.05. The summed E-state index contributed by atoms with van der Waals surface area (Å²) in [5, 5.41) is 0. The van der Waals surface area contributed by atoms with Gasteiger partial charge in [0.2, 0.25) is 5.91 Å². The second kappa shape index (κ2) is 8.61. The van der Waals surface area contributed by atoms with Gasteiger partial charge in [-0.1, -0.05) is 30.3 Å². The average molecular weight is 386 g/mol. The normalized spacial score (nSPS) is 14.3. The smallest absolute Gasteiger partial charge is 0.246 e. The number of furan rings is 1. The lowest BCUT2D eigenvalue weighted by Gasteiger charge is -2.35. The van der Waals surface area contributed by atoms with E-state index in [2.05, 4.69) is 4.90 Å². The molecule has 2 aromatic carbocycles. The molecule has 0 aliphatic carbocycles. The number of nitrogens with zero attached hydrogens (tertiary/aromatic N) is 2. The summed E-state index contributed by atoms with van der Waals surface area (Å²) >= 11 is 0. The van der Waals surface area contributed by atoms with Gasteiger partial charge in [0.15, 0.2) is 12.0 Å². The van der Waals surface area contributed by atoms with Gasteiger partial charge in [-0.15, -0.1) is 0 Å². The van der Waals surface area contributed by atoms with Crippen molar-refractivity contribution in [1.82, 2.24) is 4.90 Å². The van der Waals surface area contributed by atoms with Crippen molar-refractivity contribution < 1.29 is 14.0 Å². The van der Waals surface area contributed by atoms with Crippen molar-refractivity contribution in [3.63, 3.8) is 0 Å². The Kier molecular flexibility index (Phi) is 5.56. The predicted octanol–water partition coefficient (Wildman–Crippen LogP) is 4.12. The van der Waals surface area contributed by atoms with Crippen molar-refractivity contribution in [2.45, 2.75) is 0 Å². The fourth-order valence-corrected chi connectivity index (χ4v) is 3.43. The number of piperazine rings is 1. The Morgan fingerprint density at radius 2 is 1.59 bits per heavy atom. The van der Waals surface area contributed by atoms with E-state index in [4.69, 9.17) is 4.42 Å². The van der Waals surface area contributed by atoms with Gasteiger partial charge in [0.05, 0.1) is 0 Å². The molecular formula is C24H22N2O3. The molecule has 0 N–H and O–H groups in total. The SMILES string of the molecule is O=Cc1ccc(-c2ccc(N3CCN(C(=O)C=Cc4ccccc4)CC3)cc2)o1. The first-order chi connectivity index (χ1) is 14.2. The lowest BCUT2D eigenvalue weighted by atomic mass is 10.1. The first-order valence-corrected chi connectivity index (χ1v) is 9.65. The summed E-state index contributed by atoms with van der Waals surface area (Å²) < 4.78 is 5.47. The van der Waals surface area contributed by atoms with Crippen LogP contribution in [0.2, 0.25) is 0 Å². The summed E-state index contributed by atoms with van der Waals surface area (Å²) in [6.45, 7) is 2.97. The highest BCUT2D eigenvalue weighted by Gasteiger charge is 2.20. The number of rotatable bonds is 5. The van der Waals surface area contributed by atoms with Crippen LogP contribution in [-0.2, 0) is 4.79 Å². The minimum atomic E-state index is 0.0488. The van der Waals surface area contributed by atoms with Crippen molar-refractivity contribution in [3.8, 4) is 11.3 Å². The third-order valence-electron chi connectivity index (χ3n) is 5.07. The van der Waals surface area contributed by atoms with Crippen molar-refractivity contribution >= 4 is 24.0 Å². The van der Waals surface area contributed by atoms with Crippen LogP contribution in [0.3, 0.4) is 0 Å². The van der Waals surface area contributed by atoms with E-state index in [1.54, 1.807) is 18.2 Å². The lowest BCUT2D eigenvalue weighted by molar-refractivity contribution is -0.126. The van der Waals surface area contributed by atoms with Gasteiger partial charge in [-0.2, -0.15) is 0 Å². The molecule has 1 fully saturated rings. The standard InChI is InChI=1S/C24H22N2O3/c27-18-22-11-12-23(29-22)20-7-9-21(10-8-20)25-14-16-26(17-15-25)24(28)13-6-19-4-2-1-3-5-19/h1-13,18H,14-17H2. The molecule has 0 unspecified atom stereocenters. The Morgan fingerprint density at radius 3 is 2.24 bits per heavy atom. The zero-order valence-corrected chi connectivity index (χ0v) is 16.0. The fourth-order valence-electron chi connectivity index (χ4n) is 3.43. The van der Waals surface area contributed by atoms with E-state index >= 15 is 0 Å². The maximum absolute atomic E-state index is 12.4. The van der Waals surface area contributed by atoms with Crippen LogP contribution in [0.15, 0.2) is 77.2 Å². The zero-order valence-electron chi connectivity index (χ0n) is 16.0. The number of aldehydes is 1. The van der Waals surface area contributed by atoms with Crippen LogP contribution in [0.25, 0.3) is 17.4 Å². The van der Waals surface area contributed by atoms with Crippen LogP contribution in [-0.4, -0.2) is 43.3 Å². The Labute approximate surface area is 169 Å². The molecule has 0 saturated carbocycles. The first-order valence-electron chi connectivity index (χ1n) is 9.65. The highest BCUT2D eigenvalue weighted by Crippen LogP contribution is 2.25. The van der Waals surface area contributed by atoms with Gasteiger partial charge in [-0.05, 0) is 48.0 Å². The summed E-state index contributed by atoms with van der Waals surface area (Å²) in [4.78, 5) is 27.3. The number of hydrogen-bond donors (Lipinski definition) is 0. The molecule has 0 bridgehead atoms. The van der Waals surface area contributed by atoms with Crippen LogP contribution < -0.4 is 4.90 Å². The number of hydrogen-bond acceptors (Lipinski definition) is 4. The van der Waals surface area contributed by atoms with E-state index in [1.807, 2.05) is 65.6 Å². The van der Waals surface area contributed by atoms with E-state index in [9.17, 15) is 9.59 Å². The number of amides is 1. The molecule has 1 saturated heterocycles. The highest BCUT2D eigenvalue weighted by molar-refractivity contribution is 5.92. The fraction of sp³-hybridized carbons (Fsp3) is 0.167. The van der Waals surface area contributed by atoms with E-state index < -0.39 is 0 Å². The van der Waals surface area contributed by atoms with Crippen molar-refractivity contribution in [3.05, 3.63) is 84.1 Å². The van der Waals surface area contributed by atoms with Crippen molar-refractivity contribution in [2.75, 3.05) is 31.1 Å². The van der Waals surface area contributed by atoms with E-state index in [0.717, 1.165) is 29.9 Å². The molecule has 1 aliphatic rings. The van der Waals surface area contributed by atoms with Crippen LogP contribution in [0.4, 0.5) is 5.69 Å². The molecule has 146 valence electrons. The Morgan fingerprint density at radius 1 is 0.862 bits per heavy atom. The second-order valence-corrected chi connectivity index (χ2v) is 6.92. The van der Waals surface area contributed by atoms with Crippen molar-refractivity contribution in [2.24, 2.45) is 0 Å². The van der Waals surface area contributed by atoms with Gasteiger partial charge >= 0.3 is 0 Å². The monoisotopic (exact) mass is 386 g/mol. The second-order valence-electron chi connectivity index (χ2n) is 6.92. The Hall–Kier alpha value is -3.60. The maximum atomic E-state index is 12.4. The van der Waals surface area contributed by atoms with Gasteiger partial charge in [0, 0.05) is 43.5 Å². The summed E-state index contributed by atoms with van der Waals surface area (Å²) in [6, 6.07) is 21.4. The molecule has 5 nitrogen and oxygen atoms in total. The molecule has 0 atom stereocenters. The molecular weight excluding hydrogens is 364 g/mol. The quantitative estimate of drug-likeness (QED) is 0.489. The van der Waals surface area contributed by atoms with Crippen LogP contribution in [0.5, 0.6) is 0 Å². The molecule has 5 heteroatoms. The molecule has 4 rings (SSSR count). The van der Waals surface area contributed by atoms with Gasteiger partial charge in [0.25, 0.3) is 0 Å². The minimum Gasteiger partial charge on any atom is -0.453 e. The van der Waals surface area contributed by atoms with Crippen LogP contribution in [0, 0.1) is 0 Å². The predicted molar refractivity (Wildman–Crippen MR) is 114 cm³/mol. The van der Waals surface area contributed by atoms with E-state index in [-0.39, 0.29) is 5.91 Å². The van der Waals surface area contributed by atoms with Gasteiger partial charge < -0.3 is 14.2 Å². The first kappa shape index (κ1) is 18.7. The van der Waals surface area contributed by atoms with Crippen LogP contribution >= 0.6 is 0 Å². The third-order valence-corrected chi connectivity index (χ3v) is 5.07. The Balaban J connectivity index is 1.34. The largest absolute Gasteiger partial charge is 0.453 e. The molecule has 29 heavy (non-hydrogen) atoms. The maximum Gasteiger partial charge on any atom is 0.246 e. The third kappa shape index (κ3) is 4.46. The zero-order chi connectivity index (χ0) is 20.1. The topological polar surface area (TPSA) is 53.8 Å². The summed E-state index contributed by atoms with van der Waals surface area (Å²) in [6.07, 6.45) is 4.21. The number of anilines is 1. The van der Waals surface area contributed by atoms with Gasteiger partial charge in [0.1, 0.15) is 5.76 Å². The number of carbonyl (C=O) groups excluding carboxylic acids is 2. The Bertz CT molecular complexity index is 998.